The molecule has 2 rings (SSSR count). The molecule has 6 heteroatoms. The van der Waals surface area contributed by atoms with Crippen LogP contribution in [0.4, 0.5) is 5.82 Å². The number of aromatic amines is 1. The first-order valence-corrected chi connectivity index (χ1v) is 5.33. The van der Waals surface area contributed by atoms with Gasteiger partial charge in [-0.15, -0.1) is 0 Å². The first-order valence-electron chi connectivity index (χ1n) is 5.33. The van der Waals surface area contributed by atoms with E-state index in [0.29, 0.717) is 17.5 Å². The minimum Gasteiger partial charge on any atom is -0.367 e. The third kappa shape index (κ3) is 1.78. The molecule has 0 bridgehead atoms. The van der Waals surface area contributed by atoms with Crippen LogP contribution in [-0.2, 0) is 0 Å². The Labute approximate surface area is 92.7 Å². The highest BCUT2D eigenvalue weighted by Crippen LogP contribution is 2.09. The van der Waals surface area contributed by atoms with Gasteiger partial charge in [0.05, 0.1) is 0 Å². The van der Waals surface area contributed by atoms with Crippen LogP contribution in [0, 0.1) is 6.92 Å². The number of nitrogens with one attached hydrogen (secondary N) is 2. The number of H-pyrrole nitrogens is 1. The van der Waals surface area contributed by atoms with Gasteiger partial charge in [0.25, 0.3) is 0 Å². The van der Waals surface area contributed by atoms with Gasteiger partial charge in [-0.3, -0.25) is 0 Å². The van der Waals surface area contributed by atoms with Crippen molar-refractivity contribution < 1.29 is 0 Å². The number of hydrogen-bond acceptors (Lipinski definition) is 4. The van der Waals surface area contributed by atoms with Crippen molar-refractivity contribution in [3.05, 3.63) is 22.4 Å². The Morgan fingerprint density at radius 2 is 2.38 bits per heavy atom. The Hall–Kier alpha value is -1.85. The summed E-state index contributed by atoms with van der Waals surface area (Å²) in [5.74, 6) is 1.38. The van der Waals surface area contributed by atoms with E-state index < -0.39 is 0 Å². The summed E-state index contributed by atoms with van der Waals surface area (Å²) in [6, 6.07) is 2.11. The van der Waals surface area contributed by atoms with Crippen molar-refractivity contribution in [2.45, 2.75) is 33.2 Å². The summed E-state index contributed by atoms with van der Waals surface area (Å²) >= 11 is 0. The average Bonchev–Trinajstić information content (AvgIpc) is 2.60. The van der Waals surface area contributed by atoms with Crippen LogP contribution < -0.4 is 11.0 Å². The van der Waals surface area contributed by atoms with Gasteiger partial charge in [0, 0.05) is 12.1 Å². The normalized spacial score (nSPS) is 12.9. The number of nitrogens with zero attached hydrogens (tertiary/aromatic N) is 3. The first kappa shape index (κ1) is 10.7. The van der Waals surface area contributed by atoms with E-state index in [1.807, 2.05) is 0 Å². The maximum Gasteiger partial charge on any atom is 0.349 e. The Kier molecular flexibility index (Phi) is 2.64. The quantitative estimate of drug-likeness (QED) is 0.808. The van der Waals surface area contributed by atoms with E-state index in [1.165, 1.54) is 4.40 Å². The number of anilines is 1. The molecule has 0 aliphatic heterocycles. The second kappa shape index (κ2) is 3.96. The minimum absolute atomic E-state index is 0.255. The third-order valence-corrected chi connectivity index (χ3v) is 2.58. The third-order valence-electron chi connectivity index (χ3n) is 2.58. The predicted molar refractivity (Wildman–Crippen MR) is 61.7 cm³/mol. The summed E-state index contributed by atoms with van der Waals surface area (Å²) in [6.07, 6.45) is 1.01. The number of aromatic nitrogens is 4. The predicted octanol–water partition coefficient (Wildman–Crippen LogP) is 0.936. The topological polar surface area (TPSA) is 75.1 Å². The van der Waals surface area contributed by atoms with Gasteiger partial charge in [0.15, 0.2) is 5.65 Å². The van der Waals surface area contributed by atoms with Crippen molar-refractivity contribution in [2.75, 3.05) is 5.32 Å². The molecule has 0 aromatic carbocycles. The fraction of sp³-hybridized carbons (Fsp3) is 0.500. The van der Waals surface area contributed by atoms with Crippen LogP contribution in [0.15, 0.2) is 10.9 Å². The largest absolute Gasteiger partial charge is 0.367 e. The van der Waals surface area contributed by atoms with Crippen LogP contribution in [-0.4, -0.2) is 25.6 Å². The zero-order valence-electron chi connectivity index (χ0n) is 9.61. The molecule has 0 saturated heterocycles. The second-order valence-corrected chi connectivity index (χ2v) is 3.86. The zero-order valence-corrected chi connectivity index (χ0v) is 9.61. The molecule has 0 aliphatic carbocycles. The fourth-order valence-electron chi connectivity index (χ4n) is 1.53. The van der Waals surface area contributed by atoms with E-state index in [9.17, 15) is 4.79 Å². The van der Waals surface area contributed by atoms with Crippen molar-refractivity contribution in [1.82, 2.24) is 19.6 Å². The summed E-state index contributed by atoms with van der Waals surface area (Å²) in [7, 11) is 0. The highest BCUT2D eigenvalue weighted by Gasteiger charge is 2.07. The lowest BCUT2D eigenvalue weighted by atomic mass is 10.2. The van der Waals surface area contributed by atoms with Crippen molar-refractivity contribution in [1.29, 1.82) is 0 Å². The summed E-state index contributed by atoms with van der Waals surface area (Å²) in [6.45, 7) is 5.96. The lowest BCUT2D eigenvalue weighted by Gasteiger charge is -2.12. The molecule has 2 heterocycles. The zero-order chi connectivity index (χ0) is 11.7. The van der Waals surface area contributed by atoms with E-state index in [-0.39, 0.29) is 5.69 Å². The summed E-state index contributed by atoms with van der Waals surface area (Å²) < 4.78 is 1.45. The molecule has 0 spiro atoms. The van der Waals surface area contributed by atoms with Gasteiger partial charge in [-0.25, -0.2) is 19.3 Å². The summed E-state index contributed by atoms with van der Waals surface area (Å²) in [5.41, 5.74) is 0.332. The monoisotopic (exact) mass is 221 g/mol. The van der Waals surface area contributed by atoms with Crippen molar-refractivity contribution in [3.63, 3.8) is 0 Å². The van der Waals surface area contributed by atoms with Gasteiger partial charge in [0.1, 0.15) is 11.6 Å². The molecular formula is C10H15N5O. The summed E-state index contributed by atoms with van der Waals surface area (Å²) in [5, 5.41) is 9.57. The fourth-order valence-corrected chi connectivity index (χ4v) is 1.53. The van der Waals surface area contributed by atoms with Crippen LogP contribution in [0.5, 0.6) is 0 Å². The standard InChI is InChI=1S/C10H15N5O/c1-4-6(2)11-8-5-9-13-14-10(16)15(9)7(3)12-8/h5-6,11H,4H2,1-3H3,(H,14,16). The van der Waals surface area contributed by atoms with E-state index in [4.69, 9.17) is 0 Å². The van der Waals surface area contributed by atoms with Crippen LogP contribution in [0.25, 0.3) is 5.65 Å². The maximum atomic E-state index is 11.4. The lowest BCUT2D eigenvalue weighted by Crippen LogP contribution is -2.17. The van der Waals surface area contributed by atoms with Gasteiger partial charge >= 0.3 is 5.69 Å². The van der Waals surface area contributed by atoms with Gasteiger partial charge in [-0.05, 0) is 20.3 Å². The van der Waals surface area contributed by atoms with Crippen LogP contribution in [0.1, 0.15) is 26.1 Å². The van der Waals surface area contributed by atoms with Crippen molar-refractivity contribution >= 4 is 11.5 Å². The molecule has 2 aromatic rings. The number of hydrogen-bond donors (Lipinski definition) is 2. The van der Waals surface area contributed by atoms with Gasteiger partial charge in [-0.1, -0.05) is 6.92 Å². The molecule has 1 unspecified atom stereocenters. The maximum absolute atomic E-state index is 11.4. The van der Waals surface area contributed by atoms with Crippen LogP contribution in [0.3, 0.4) is 0 Å². The molecule has 2 aromatic heterocycles. The number of aryl methyl sites for hydroxylation is 1. The molecule has 0 fully saturated rings. The van der Waals surface area contributed by atoms with Gasteiger partial charge < -0.3 is 5.32 Å². The molecule has 6 nitrogen and oxygen atoms in total. The lowest BCUT2D eigenvalue weighted by molar-refractivity contribution is 0.756. The highest BCUT2D eigenvalue weighted by molar-refractivity contribution is 5.49. The molecule has 2 N–H and O–H groups in total. The summed E-state index contributed by atoms with van der Waals surface area (Å²) in [4.78, 5) is 15.7. The first-order chi connectivity index (χ1) is 7.61. The Morgan fingerprint density at radius 1 is 1.62 bits per heavy atom. The molecule has 1 atom stereocenters. The van der Waals surface area contributed by atoms with Crippen molar-refractivity contribution in [3.8, 4) is 0 Å². The van der Waals surface area contributed by atoms with E-state index in [1.54, 1.807) is 13.0 Å². The molecule has 0 saturated carbocycles. The molecule has 0 radical (unpaired) electrons. The van der Waals surface area contributed by atoms with E-state index >= 15 is 0 Å². The number of rotatable bonds is 3. The van der Waals surface area contributed by atoms with Gasteiger partial charge in [0.2, 0.25) is 0 Å². The number of fused-ring (bicyclic) bond motifs is 1. The van der Waals surface area contributed by atoms with Crippen LogP contribution in [0.2, 0.25) is 0 Å². The molecule has 0 aliphatic rings. The van der Waals surface area contributed by atoms with E-state index in [0.717, 1.165) is 12.2 Å². The van der Waals surface area contributed by atoms with Crippen molar-refractivity contribution in [2.24, 2.45) is 0 Å². The molecule has 0 amide bonds. The highest BCUT2D eigenvalue weighted by atomic mass is 16.1. The molecule has 86 valence electrons. The van der Waals surface area contributed by atoms with E-state index in [2.05, 4.69) is 34.3 Å². The average molecular weight is 221 g/mol. The Morgan fingerprint density at radius 3 is 3.06 bits per heavy atom. The Balaban J connectivity index is 2.46. The van der Waals surface area contributed by atoms with Gasteiger partial charge in [-0.2, -0.15) is 5.10 Å². The van der Waals surface area contributed by atoms with Crippen LogP contribution >= 0.6 is 0 Å². The molecular weight excluding hydrogens is 206 g/mol. The Bertz CT molecular complexity index is 556. The molecule has 16 heavy (non-hydrogen) atoms. The minimum atomic E-state index is -0.255. The SMILES string of the molecule is CCC(C)Nc1cc2n[nH]c(=O)n2c(C)n1. The second-order valence-electron chi connectivity index (χ2n) is 3.86. The smallest absolute Gasteiger partial charge is 0.349 e.